The third kappa shape index (κ3) is 5.34. The standard InChI is InChI=1S/C16H21N3/c1-4-6-7-10-14(5-2)13-16(19-17-3)15-11-8-9-12-18-15/h4-12,17H,13H2,1-3H3/b6-4-,10-7-,14-5+,19-16+. The lowest BCUT2D eigenvalue weighted by Crippen LogP contribution is -2.09. The minimum atomic E-state index is 0.752. The smallest absolute Gasteiger partial charge is 0.0902 e. The maximum atomic E-state index is 4.35. The Kier molecular flexibility index (Phi) is 6.95. The van der Waals surface area contributed by atoms with Gasteiger partial charge in [-0.25, -0.2) is 0 Å². The zero-order valence-electron chi connectivity index (χ0n) is 11.8. The van der Waals surface area contributed by atoms with Gasteiger partial charge in [0, 0.05) is 19.7 Å². The topological polar surface area (TPSA) is 37.3 Å². The first-order chi connectivity index (χ1) is 9.31. The van der Waals surface area contributed by atoms with E-state index in [9.17, 15) is 0 Å². The maximum Gasteiger partial charge on any atom is 0.0902 e. The molecule has 0 aliphatic heterocycles. The molecule has 3 nitrogen and oxygen atoms in total. The fraction of sp³-hybridized carbons (Fsp3) is 0.250. The summed E-state index contributed by atoms with van der Waals surface area (Å²) in [5, 5.41) is 4.32. The molecule has 0 saturated carbocycles. The molecule has 1 rings (SSSR count). The fourth-order valence-corrected chi connectivity index (χ4v) is 1.60. The van der Waals surface area contributed by atoms with Crippen molar-refractivity contribution in [2.75, 3.05) is 7.05 Å². The van der Waals surface area contributed by atoms with Crippen molar-refractivity contribution in [2.24, 2.45) is 5.10 Å². The molecule has 0 spiro atoms. The summed E-state index contributed by atoms with van der Waals surface area (Å²) in [4.78, 5) is 4.35. The summed E-state index contributed by atoms with van der Waals surface area (Å²) in [6.07, 6.45) is 12.8. The first-order valence-corrected chi connectivity index (χ1v) is 6.41. The van der Waals surface area contributed by atoms with Gasteiger partial charge in [0.2, 0.25) is 0 Å². The number of nitrogens with one attached hydrogen (secondary N) is 1. The summed E-state index contributed by atoms with van der Waals surface area (Å²) >= 11 is 0. The zero-order valence-corrected chi connectivity index (χ0v) is 11.8. The summed E-state index contributed by atoms with van der Waals surface area (Å²) in [7, 11) is 1.80. The lowest BCUT2D eigenvalue weighted by atomic mass is 10.1. The van der Waals surface area contributed by atoms with Gasteiger partial charge in [-0.05, 0) is 31.6 Å². The van der Waals surface area contributed by atoms with E-state index in [2.05, 4.69) is 27.7 Å². The van der Waals surface area contributed by atoms with E-state index in [1.54, 1.807) is 13.2 Å². The van der Waals surface area contributed by atoms with Gasteiger partial charge in [0.25, 0.3) is 0 Å². The molecular weight excluding hydrogens is 234 g/mol. The average molecular weight is 255 g/mol. The molecule has 0 aromatic carbocycles. The minimum absolute atomic E-state index is 0.752. The van der Waals surface area contributed by atoms with Gasteiger partial charge in [-0.2, -0.15) is 5.10 Å². The Morgan fingerprint density at radius 2 is 2.16 bits per heavy atom. The van der Waals surface area contributed by atoms with Crippen LogP contribution in [0.25, 0.3) is 0 Å². The fourth-order valence-electron chi connectivity index (χ4n) is 1.60. The molecule has 1 aromatic heterocycles. The Hall–Kier alpha value is -2.16. The molecule has 0 aliphatic rings. The summed E-state index contributed by atoms with van der Waals surface area (Å²) in [5.74, 6) is 0. The van der Waals surface area contributed by atoms with Gasteiger partial charge in [-0.3, -0.25) is 4.98 Å². The van der Waals surface area contributed by atoms with E-state index >= 15 is 0 Å². The number of rotatable bonds is 6. The Morgan fingerprint density at radius 3 is 2.74 bits per heavy atom. The molecule has 1 N–H and O–H groups in total. The number of aromatic nitrogens is 1. The molecule has 0 aliphatic carbocycles. The molecule has 0 saturated heterocycles. The number of hydrogen-bond donors (Lipinski definition) is 1. The number of pyridine rings is 1. The van der Waals surface area contributed by atoms with Gasteiger partial charge >= 0.3 is 0 Å². The molecule has 0 bridgehead atoms. The van der Waals surface area contributed by atoms with Crippen LogP contribution in [0.5, 0.6) is 0 Å². The van der Waals surface area contributed by atoms with Crippen LogP contribution >= 0.6 is 0 Å². The van der Waals surface area contributed by atoms with Crippen molar-refractivity contribution in [3.8, 4) is 0 Å². The highest BCUT2D eigenvalue weighted by Crippen LogP contribution is 2.10. The molecule has 19 heavy (non-hydrogen) atoms. The lowest BCUT2D eigenvalue weighted by Gasteiger charge is -2.06. The Bertz CT molecular complexity index is 482. The number of allylic oxidation sites excluding steroid dienone is 6. The highest BCUT2D eigenvalue weighted by atomic mass is 15.3. The van der Waals surface area contributed by atoms with E-state index in [1.165, 1.54) is 5.57 Å². The second kappa shape index (κ2) is 8.86. The highest BCUT2D eigenvalue weighted by molar-refractivity contribution is 6.00. The van der Waals surface area contributed by atoms with Crippen LogP contribution in [0.2, 0.25) is 0 Å². The van der Waals surface area contributed by atoms with Crippen molar-refractivity contribution in [1.29, 1.82) is 0 Å². The van der Waals surface area contributed by atoms with Crippen molar-refractivity contribution in [3.05, 3.63) is 66.0 Å². The summed E-state index contributed by atoms with van der Waals surface area (Å²) < 4.78 is 0. The molecule has 0 fully saturated rings. The minimum Gasteiger partial charge on any atom is -0.313 e. The van der Waals surface area contributed by atoms with E-state index in [0.29, 0.717) is 0 Å². The molecular formula is C16H21N3. The van der Waals surface area contributed by atoms with Gasteiger partial charge in [-0.1, -0.05) is 36.4 Å². The van der Waals surface area contributed by atoms with Crippen LogP contribution in [-0.4, -0.2) is 17.7 Å². The number of nitrogens with zero attached hydrogens (tertiary/aromatic N) is 2. The van der Waals surface area contributed by atoms with E-state index in [0.717, 1.165) is 17.8 Å². The molecule has 0 unspecified atom stereocenters. The Morgan fingerprint density at radius 1 is 1.32 bits per heavy atom. The summed E-state index contributed by atoms with van der Waals surface area (Å²) in [6, 6.07) is 5.85. The van der Waals surface area contributed by atoms with Crippen LogP contribution < -0.4 is 5.43 Å². The molecule has 100 valence electrons. The van der Waals surface area contributed by atoms with Crippen LogP contribution in [0.15, 0.2) is 65.5 Å². The van der Waals surface area contributed by atoms with Crippen LogP contribution in [0.4, 0.5) is 0 Å². The SMILES string of the molecule is C\C=C/C=C\C(=C/C)C/C(=N\NC)c1ccccn1. The molecule has 1 heterocycles. The van der Waals surface area contributed by atoms with Crippen LogP contribution in [0.1, 0.15) is 26.0 Å². The van der Waals surface area contributed by atoms with Crippen LogP contribution in [-0.2, 0) is 0 Å². The molecule has 0 radical (unpaired) electrons. The van der Waals surface area contributed by atoms with Gasteiger partial charge in [0.15, 0.2) is 0 Å². The van der Waals surface area contributed by atoms with Crippen LogP contribution in [0, 0.1) is 0 Å². The number of hydrogen-bond acceptors (Lipinski definition) is 3. The second-order valence-electron chi connectivity index (χ2n) is 3.92. The third-order valence-corrected chi connectivity index (χ3v) is 2.56. The average Bonchev–Trinajstić information content (AvgIpc) is 2.46. The van der Waals surface area contributed by atoms with Gasteiger partial charge in [0.1, 0.15) is 0 Å². The molecule has 0 amide bonds. The summed E-state index contributed by atoms with van der Waals surface area (Å²) in [6.45, 7) is 4.03. The predicted octanol–water partition coefficient (Wildman–Crippen LogP) is 3.47. The van der Waals surface area contributed by atoms with Gasteiger partial charge < -0.3 is 5.43 Å². The van der Waals surface area contributed by atoms with Crippen molar-refractivity contribution < 1.29 is 0 Å². The van der Waals surface area contributed by atoms with Crippen molar-refractivity contribution in [2.45, 2.75) is 20.3 Å². The Labute approximate surface area is 115 Å². The molecule has 1 aromatic rings. The molecule has 3 heteroatoms. The van der Waals surface area contributed by atoms with Gasteiger partial charge in [-0.15, -0.1) is 0 Å². The predicted molar refractivity (Wildman–Crippen MR) is 82.2 cm³/mol. The quantitative estimate of drug-likeness (QED) is 0.480. The maximum absolute atomic E-state index is 4.35. The highest BCUT2D eigenvalue weighted by Gasteiger charge is 2.06. The van der Waals surface area contributed by atoms with E-state index in [1.807, 2.05) is 50.3 Å². The van der Waals surface area contributed by atoms with Crippen molar-refractivity contribution in [1.82, 2.24) is 10.4 Å². The normalized spacial score (nSPS) is 13.4. The second-order valence-corrected chi connectivity index (χ2v) is 3.92. The zero-order chi connectivity index (χ0) is 13.9. The van der Waals surface area contributed by atoms with E-state index in [-0.39, 0.29) is 0 Å². The summed E-state index contributed by atoms with van der Waals surface area (Å²) in [5.41, 5.74) is 5.88. The largest absolute Gasteiger partial charge is 0.313 e. The lowest BCUT2D eigenvalue weighted by molar-refractivity contribution is 0.892. The molecule has 0 atom stereocenters. The first-order valence-electron chi connectivity index (χ1n) is 6.41. The third-order valence-electron chi connectivity index (χ3n) is 2.56. The monoisotopic (exact) mass is 255 g/mol. The van der Waals surface area contributed by atoms with Crippen LogP contribution in [0.3, 0.4) is 0 Å². The van der Waals surface area contributed by atoms with Gasteiger partial charge in [0.05, 0.1) is 11.4 Å². The Balaban J connectivity index is 2.88. The van der Waals surface area contributed by atoms with E-state index < -0.39 is 0 Å². The van der Waals surface area contributed by atoms with Crippen molar-refractivity contribution >= 4 is 5.71 Å². The van der Waals surface area contributed by atoms with E-state index in [4.69, 9.17) is 0 Å². The van der Waals surface area contributed by atoms with Crippen molar-refractivity contribution in [3.63, 3.8) is 0 Å². The number of hydrazone groups is 1. The first kappa shape index (κ1) is 14.9.